The molecular formula is C21H34Cl2N4O2. The van der Waals surface area contributed by atoms with Crippen LogP contribution < -0.4 is 5.73 Å². The third-order valence-electron chi connectivity index (χ3n) is 5.64. The fourth-order valence-electron chi connectivity index (χ4n) is 4.24. The third kappa shape index (κ3) is 7.36. The summed E-state index contributed by atoms with van der Waals surface area (Å²) in [6.45, 7) is 9.58. The Morgan fingerprint density at radius 2 is 1.45 bits per heavy atom. The van der Waals surface area contributed by atoms with Crippen molar-refractivity contribution < 1.29 is 9.59 Å². The number of hydrogen-bond acceptors (Lipinski definition) is 4. The highest BCUT2D eigenvalue weighted by atomic mass is 35.5. The van der Waals surface area contributed by atoms with Crippen molar-refractivity contribution in [2.45, 2.75) is 26.7 Å². The van der Waals surface area contributed by atoms with Gasteiger partial charge < -0.3 is 15.5 Å². The van der Waals surface area contributed by atoms with Gasteiger partial charge in [-0.15, -0.1) is 24.8 Å². The highest BCUT2D eigenvalue weighted by molar-refractivity contribution is 5.85. The molecule has 164 valence electrons. The molecule has 2 heterocycles. The second-order valence-electron chi connectivity index (χ2n) is 8.32. The van der Waals surface area contributed by atoms with Crippen LogP contribution in [0, 0.1) is 11.8 Å². The number of likely N-dealkylation sites (tertiary alicyclic amines) is 1. The lowest BCUT2D eigenvalue weighted by atomic mass is 9.92. The van der Waals surface area contributed by atoms with Crippen LogP contribution >= 0.6 is 24.8 Å². The zero-order chi connectivity index (χ0) is 19.4. The standard InChI is InChI=1S/C21H32N4O2.2ClH/c1-16-11-17(2)14-25(13-16)21(27)15-23-7-9-24(10-8-23)20(26)12-18-3-5-19(22)6-4-18;;/h3-6,16-17H,7-15,22H2,1-2H3;2*1H. The highest BCUT2D eigenvalue weighted by Gasteiger charge is 2.28. The summed E-state index contributed by atoms with van der Waals surface area (Å²) in [5.74, 6) is 1.54. The van der Waals surface area contributed by atoms with Crippen LogP contribution in [0.1, 0.15) is 25.8 Å². The molecule has 2 aliphatic heterocycles. The molecule has 0 aliphatic carbocycles. The minimum atomic E-state index is 0. The molecule has 0 bridgehead atoms. The molecule has 0 saturated carbocycles. The zero-order valence-corrected chi connectivity index (χ0v) is 19.0. The van der Waals surface area contributed by atoms with E-state index in [2.05, 4.69) is 18.7 Å². The predicted molar refractivity (Wildman–Crippen MR) is 122 cm³/mol. The first-order valence-electron chi connectivity index (χ1n) is 10.0. The summed E-state index contributed by atoms with van der Waals surface area (Å²) in [6.07, 6.45) is 1.61. The number of anilines is 1. The second-order valence-corrected chi connectivity index (χ2v) is 8.32. The second kappa shape index (κ2) is 11.6. The molecule has 2 amide bonds. The number of carbonyl (C=O) groups excluding carboxylic acids is 2. The van der Waals surface area contributed by atoms with Crippen LogP contribution in [-0.4, -0.2) is 72.3 Å². The molecule has 1 aromatic rings. The predicted octanol–water partition coefficient (Wildman–Crippen LogP) is 2.30. The Morgan fingerprint density at radius 3 is 2.00 bits per heavy atom. The van der Waals surface area contributed by atoms with Gasteiger partial charge in [0.2, 0.25) is 11.8 Å². The first-order valence-corrected chi connectivity index (χ1v) is 10.0. The number of rotatable bonds is 4. The van der Waals surface area contributed by atoms with Crippen LogP contribution in [-0.2, 0) is 16.0 Å². The number of piperazine rings is 1. The molecule has 0 radical (unpaired) electrons. The van der Waals surface area contributed by atoms with Crippen LogP contribution in [0.2, 0.25) is 0 Å². The van der Waals surface area contributed by atoms with Crippen molar-refractivity contribution in [3.8, 4) is 0 Å². The van der Waals surface area contributed by atoms with Crippen molar-refractivity contribution in [1.82, 2.24) is 14.7 Å². The minimum absolute atomic E-state index is 0. The van der Waals surface area contributed by atoms with Crippen molar-refractivity contribution in [3.05, 3.63) is 29.8 Å². The lowest BCUT2D eigenvalue weighted by molar-refractivity contribution is -0.136. The molecule has 8 heteroatoms. The molecule has 3 rings (SSSR count). The summed E-state index contributed by atoms with van der Waals surface area (Å²) in [5, 5.41) is 0. The number of nitrogens with two attached hydrogens (primary N) is 1. The number of piperidine rings is 1. The lowest BCUT2D eigenvalue weighted by Gasteiger charge is -2.38. The zero-order valence-electron chi connectivity index (χ0n) is 17.4. The van der Waals surface area contributed by atoms with Crippen LogP contribution in [0.3, 0.4) is 0 Å². The smallest absolute Gasteiger partial charge is 0.236 e. The Morgan fingerprint density at radius 1 is 0.897 bits per heavy atom. The van der Waals surface area contributed by atoms with Crippen LogP contribution in [0.5, 0.6) is 0 Å². The van der Waals surface area contributed by atoms with Gasteiger partial charge in [0.25, 0.3) is 0 Å². The molecular weight excluding hydrogens is 411 g/mol. The van der Waals surface area contributed by atoms with Crippen molar-refractivity contribution >= 4 is 42.3 Å². The van der Waals surface area contributed by atoms with Gasteiger partial charge in [0.1, 0.15) is 0 Å². The van der Waals surface area contributed by atoms with Crippen molar-refractivity contribution in [1.29, 1.82) is 0 Å². The highest BCUT2D eigenvalue weighted by Crippen LogP contribution is 2.21. The maximum Gasteiger partial charge on any atom is 0.236 e. The van der Waals surface area contributed by atoms with E-state index in [1.54, 1.807) is 0 Å². The van der Waals surface area contributed by atoms with E-state index in [0.29, 0.717) is 43.6 Å². The fourth-order valence-corrected chi connectivity index (χ4v) is 4.24. The minimum Gasteiger partial charge on any atom is -0.399 e. The van der Waals surface area contributed by atoms with Gasteiger partial charge in [0, 0.05) is 45.0 Å². The van der Waals surface area contributed by atoms with Crippen LogP contribution in [0.4, 0.5) is 5.69 Å². The Labute approximate surface area is 186 Å². The summed E-state index contributed by atoms with van der Waals surface area (Å²) in [7, 11) is 0. The molecule has 29 heavy (non-hydrogen) atoms. The van der Waals surface area contributed by atoms with Crippen molar-refractivity contribution in [2.75, 3.05) is 51.5 Å². The first kappa shape index (κ1) is 25.5. The van der Waals surface area contributed by atoms with Gasteiger partial charge in [0.15, 0.2) is 0 Å². The Hall–Kier alpha value is -1.50. The van der Waals surface area contributed by atoms with E-state index in [1.165, 1.54) is 6.42 Å². The van der Waals surface area contributed by atoms with E-state index in [9.17, 15) is 9.59 Å². The number of nitrogens with zero attached hydrogens (tertiary/aromatic N) is 3. The maximum absolute atomic E-state index is 12.6. The number of amides is 2. The Balaban J connectivity index is 0.00000210. The van der Waals surface area contributed by atoms with Gasteiger partial charge >= 0.3 is 0 Å². The summed E-state index contributed by atoms with van der Waals surface area (Å²) >= 11 is 0. The van der Waals surface area contributed by atoms with Gasteiger partial charge in [-0.25, -0.2) is 0 Å². The maximum atomic E-state index is 12.6. The average molecular weight is 445 g/mol. The van der Waals surface area contributed by atoms with Gasteiger partial charge in [-0.1, -0.05) is 26.0 Å². The van der Waals surface area contributed by atoms with Gasteiger partial charge in [-0.05, 0) is 36.0 Å². The molecule has 6 nitrogen and oxygen atoms in total. The van der Waals surface area contributed by atoms with Crippen LogP contribution in [0.15, 0.2) is 24.3 Å². The average Bonchev–Trinajstić information content (AvgIpc) is 2.63. The lowest BCUT2D eigenvalue weighted by Crippen LogP contribution is -2.53. The molecule has 0 spiro atoms. The first-order chi connectivity index (χ1) is 12.9. The third-order valence-corrected chi connectivity index (χ3v) is 5.64. The Kier molecular flexibility index (Phi) is 10.2. The molecule has 2 saturated heterocycles. The van der Waals surface area contributed by atoms with E-state index in [1.807, 2.05) is 34.1 Å². The molecule has 2 atom stereocenters. The molecule has 2 N–H and O–H groups in total. The number of carbonyl (C=O) groups is 2. The van der Waals surface area contributed by atoms with Gasteiger partial charge in [-0.2, -0.15) is 0 Å². The van der Waals surface area contributed by atoms with Gasteiger partial charge in [0.05, 0.1) is 13.0 Å². The monoisotopic (exact) mass is 444 g/mol. The quantitative estimate of drug-likeness (QED) is 0.723. The summed E-state index contributed by atoms with van der Waals surface area (Å²) < 4.78 is 0. The van der Waals surface area contributed by atoms with Crippen LogP contribution in [0.25, 0.3) is 0 Å². The van der Waals surface area contributed by atoms with E-state index in [-0.39, 0.29) is 36.6 Å². The molecule has 2 fully saturated rings. The molecule has 2 aliphatic rings. The van der Waals surface area contributed by atoms with E-state index >= 15 is 0 Å². The Bertz CT molecular complexity index is 653. The number of benzene rings is 1. The fraction of sp³-hybridized carbons (Fsp3) is 0.619. The summed E-state index contributed by atoms with van der Waals surface area (Å²) in [6, 6.07) is 7.47. The molecule has 2 unspecified atom stereocenters. The van der Waals surface area contributed by atoms with Crippen molar-refractivity contribution in [2.24, 2.45) is 11.8 Å². The SMILES string of the molecule is CC1CC(C)CN(C(=O)CN2CCN(C(=O)Cc3ccc(N)cc3)CC2)C1.Cl.Cl. The molecule has 0 aromatic heterocycles. The number of halogens is 2. The normalized spacial score (nSPS) is 22.4. The van der Waals surface area contributed by atoms with E-state index in [0.717, 1.165) is 31.7 Å². The number of hydrogen-bond donors (Lipinski definition) is 1. The number of nitrogen functional groups attached to an aromatic ring is 1. The summed E-state index contributed by atoms with van der Waals surface area (Å²) in [5.41, 5.74) is 7.39. The van der Waals surface area contributed by atoms with Gasteiger partial charge in [-0.3, -0.25) is 14.5 Å². The van der Waals surface area contributed by atoms with E-state index in [4.69, 9.17) is 5.73 Å². The van der Waals surface area contributed by atoms with Crippen molar-refractivity contribution in [3.63, 3.8) is 0 Å². The topological polar surface area (TPSA) is 69.9 Å². The largest absolute Gasteiger partial charge is 0.399 e. The summed E-state index contributed by atoms with van der Waals surface area (Å²) in [4.78, 5) is 31.2. The molecule has 1 aromatic carbocycles. The van der Waals surface area contributed by atoms with E-state index < -0.39 is 0 Å².